The fraction of sp³-hybridized carbons (Fsp3) is 0.375. The summed E-state index contributed by atoms with van der Waals surface area (Å²) in [5.74, 6) is -0.276. The number of hydrogen-bond donors (Lipinski definition) is 0. The quantitative estimate of drug-likeness (QED) is 0.778. The first kappa shape index (κ1) is 13.6. The highest BCUT2D eigenvalue weighted by molar-refractivity contribution is 9.10. The standard InChI is InChI=1S/C16H15BrO3/c1-2-20-15(19)13-4-3-7-16(13)9-10-8-11(17)5-6-12(10)14(16)18/h4-6,8H,2-3,7,9H2,1H3. The largest absolute Gasteiger partial charge is 0.463 e. The van der Waals surface area contributed by atoms with E-state index in [1.165, 1.54) is 0 Å². The van der Waals surface area contributed by atoms with Crippen LogP contribution in [0.2, 0.25) is 0 Å². The van der Waals surface area contributed by atoms with E-state index in [4.69, 9.17) is 4.74 Å². The molecule has 1 spiro atoms. The topological polar surface area (TPSA) is 43.4 Å². The molecule has 0 aliphatic heterocycles. The summed E-state index contributed by atoms with van der Waals surface area (Å²) in [4.78, 5) is 24.9. The van der Waals surface area contributed by atoms with Gasteiger partial charge in [0.15, 0.2) is 5.78 Å². The Bertz CT molecular complexity index is 633. The van der Waals surface area contributed by atoms with Gasteiger partial charge in [-0.05, 0) is 49.9 Å². The third-order valence-corrected chi connectivity index (χ3v) is 4.66. The molecule has 104 valence electrons. The van der Waals surface area contributed by atoms with Crippen LogP contribution in [0.15, 0.2) is 34.3 Å². The molecule has 4 heteroatoms. The predicted molar refractivity (Wildman–Crippen MR) is 78.6 cm³/mol. The van der Waals surface area contributed by atoms with E-state index in [2.05, 4.69) is 15.9 Å². The molecule has 20 heavy (non-hydrogen) atoms. The Labute approximate surface area is 126 Å². The number of hydrogen-bond acceptors (Lipinski definition) is 3. The number of benzene rings is 1. The molecule has 0 radical (unpaired) electrons. The summed E-state index contributed by atoms with van der Waals surface area (Å²) in [7, 11) is 0. The highest BCUT2D eigenvalue weighted by Gasteiger charge is 2.52. The van der Waals surface area contributed by atoms with Crippen molar-refractivity contribution in [2.75, 3.05) is 6.61 Å². The summed E-state index contributed by atoms with van der Waals surface area (Å²) in [6.45, 7) is 2.11. The van der Waals surface area contributed by atoms with Gasteiger partial charge in [0.2, 0.25) is 0 Å². The lowest BCUT2D eigenvalue weighted by Crippen LogP contribution is -2.32. The van der Waals surface area contributed by atoms with Crippen molar-refractivity contribution in [3.05, 3.63) is 45.4 Å². The molecule has 1 aromatic carbocycles. The van der Waals surface area contributed by atoms with Crippen molar-refractivity contribution in [1.82, 2.24) is 0 Å². The molecule has 0 aromatic heterocycles. The molecule has 2 aliphatic carbocycles. The lowest BCUT2D eigenvalue weighted by molar-refractivity contribution is -0.139. The molecular weight excluding hydrogens is 320 g/mol. The maximum absolute atomic E-state index is 12.8. The molecule has 0 bridgehead atoms. The number of halogens is 1. The van der Waals surface area contributed by atoms with Crippen LogP contribution in [0.1, 0.15) is 35.7 Å². The Kier molecular flexibility index (Phi) is 3.28. The van der Waals surface area contributed by atoms with Gasteiger partial charge in [0.05, 0.1) is 12.0 Å². The number of ketones is 1. The number of fused-ring (bicyclic) bond motifs is 1. The van der Waals surface area contributed by atoms with Crippen molar-refractivity contribution in [3.8, 4) is 0 Å². The zero-order valence-corrected chi connectivity index (χ0v) is 12.8. The van der Waals surface area contributed by atoms with Gasteiger partial charge in [-0.25, -0.2) is 4.79 Å². The van der Waals surface area contributed by atoms with E-state index in [0.29, 0.717) is 25.0 Å². The second-order valence-electron chi connectivity index (χ2n) is 5.27. The fourth-order valence-corrected chi connectivity index (χ4v) is 3.70. The molecule has 0 N–H and O–H groups in total. The number of Topliss-reactive ketones (excluding diaryl/α,β-unsaturated/α-hetero) is 1. The molecule has 1 unspecified atom stereocenters. The maximum atomic E-state index is 12.8. The highest BCUT2D eigenvalue weighted by Crippen LogP contribution is 2.50. The third-order valence-electron chi connectivity index (χ3n) is 4.17. The molecule has 0 heterocycles. The van der Waals surface area contributed by atoms with Gasteiger partial charge in [0.25, 0.3) is 0 Å². The molecule has 0 saturated carbocycles. The molecule has 0 saturated heterocycles. The first-order chi connectivity index (χ1) is 9.58. The Morgan fingerprint density at radius 3 is 3.00 bits per heavy atom. The Balaban J connectivity index is 2.01. The zero-order chi connectivity index (χ0) is 14.3. The number of esters is 1. The minimum atomic E-state index is -0.685. The number of allylic oxidation sites excluding steroid dienone is 1. The average Bonchev–Trinajstić information content (AvgIpc) is 2.94. The molecule has 2 aliphatic rings. The van der Waals surface area contributed by atoms with Gasteiger partial charge >= 0.3 is 5.97 Å². The van der Waals surface area contributed by atoms with Gasteiger partial charge in [0.1, 0.15) is 0 Å². The van der Waals surface area contributed by atoms with Crippen LogP contribution < -0.4 is 0 Å². The summed E-state index contributed by atoms with van der Waals surface area (Å²) < 4.78 is 6.07. The van der Waals surface area contributed by atoms with Crippen molar-refractivity contribution in [2.45, 2.75) is 26.2 Å². The van der Waals surface area contributed by atoms with Crippen LogP contribution in [-0.4, -0.2) is 18.4 Å². The Morgan fingerprint density at radius 1 is 1.45 bits per heavy atom. The molecule has 3 rings (SSSR count). The Morgan fingerprint density at radius 2 is 2.25 bits per heavy atom. The van der Waals surface area contributed by atoms with Gasteiger partial charge in [-0.1, -0.05) is 22.0 Å². The van der Waals surface area contributed by atoms with E-state index < -0.39 is 5.41 Å². The average molecular weight is 335 g/mol. The highest BCUT2D eigenvalue weighted by atomic mass is 79.9. The number of rotatable bonds is 2. The smallest absolute Gasteiger partial charge is 0.334 e. The van der Waals surface area contributed by atoms with Crippen LogP contribution in [0, 0.1) is 5.41 Å². The van der Waals surface area contributed by atoms with Gasteiger partial charge in [-0.2, -0.15) is 0 Å². The Hall–Kier alpha value is -1.42. The monoisotopic (exact) mass is 334 g/mol. The minimum Gasteiger partial charge on any atom is -0.463 e. The van der Waals surface area contributed by atoms with Crippen molar-refractivity contribution >= 4 is 27.7 Å². The van der Waals surface area contributed by atoms with Gasteiger partial charge in [-0.3, -0.25) is 4.79 Å². The van der Waals surface area contributed by atoms with Gasteiger partial charge in [-0.15, -0.1) is 0 Å². The summed E-state index contributed by atoms with van der Waals surface area (Å²) in [6, 6.07) is 5.69. The van der Waals surface area contributed by atoms with Crippen molar-refractivity contribution in [3.63, 3.8) is 0 Å². The molecule has 1 atom stereocenters. The van der Waals surface area contributed by atoms with E-state index in [1.807, 2.05) is 24.3 Å². The summed E-state index contributed by atoms with van der Waals surface area (Å²) >= 11 is 3.43. The number of carbonyl (C=O) groups is 2. The van der Waals surface area contributed by atoms with E-state index in [1.54, 1.807) is 6.92 Å². The normalized spacial score (nSPS) is 23.9. The third kappa shape index (κ3) is 1.85. The summed E-state index contributed by atoms with van der Waals surface area (Å²) in [6.07, 6.45) is 3.93. The second-order valence-corrected chi connectivity index (χ2v) is 6.18. The maximum Gasteiger partial charge on any atom is 0.334 e. The summed E-state index contributed by atoms with van der Waals surface area (Å²) in [5.41, 5.74) is 1.62. The minimum absolute atomic E-state index is 0.0665. The lowest BCUT2D eigenvalue weighted by atomic mass is 9.77. The molecule has 0 fully saturated rings. The molecule has 1 aromatic rings. The number of ether oxygens (including phenoxy) is 1. The predicted octanol–water partition coefficient (Wildman–Crippen LogP) is 3.46. The van der Waals surface area contributed by atoms with Crippen molar-refractivity contribution < 1.29 is 14.3 Å². The van der Waals surface area contributed by atoms with E-state index in [-0.39, 0.29) is 11.8 Å². The molecular formula is C16H15BrO3. The molecule has 3 nitrogen and oxygen atoms in total. The van der Waals surface area contributed by atoms with Crippen LogP contribution in [0.4, 0.5) is 0 Å². The van der Waals surface area contributed by atoms with Gasteiger partial charge < -0.3 is 4.74 Å². The van der Waals surface area contributed by atoms with Crippen LogP contribution in [0.5, 0.6) is 0 Å². The second kappa shape index (κ2) is 4.85. The van der Waals surface area contributed by atoms with Crippen LogP contribution in [0.3, 0.4) is 0 Å². The van der Waals surface area contributed by atoms with E-state index >= 15 is 0 Å². The van der Waals surface area contributed by atoms with Crippen molar-refractivity contribution in [2.24, 2.45) is 5.41 Å². The van der Waals surface area contributed by atoms with Crippen LogP contribution in [0.25, 0.3) is 0 Å². The van der Waals surface area contributed by atoms with Gasteiger partial charge in [0, 0.05) is 15.6 Å². The van der Waals surface area contributed by atoms with E-state index in [0.717, 1.165) is 22.0 Å². The lowest BCUT2D eigenvalue weighted by Gasteiger charge is -2.24. The molecule has 0 amide bonds. The first-order valence-electron chi connectivity index (χ1n) is 6.79. The SMILES string of the molecule is CCOC(=O)C1=CCCC12Cc1cc(Br)ccc1C2=O. The number of carbonyl (C=O) groups excluding carboxylic acids is 2. The van der Waals surface area contributed by atoms with Crippen LogP contribution >= 0.6 is 15.9 Å². The fourth-order valence-electron chi connectivity index (χ4n) is 3.29. The van der Waals surface area contributed by atoms with Crippen molar-refractivity contribution in [1.29, 1.82) is 0 Å². The zero-order valence-electron chi connectivity index (χ0n) is 11.2. The van der Waals surface area contributed by atoms with Crippen LogP contribution in [-0.2, 0) is 16.0 Å². The first-order valence-corrected chi connectivity index (χ1v) is 7.59. The summed E-state index contributed by atoms with van der Waals surface area (Å²) in [5, 5.41) is 0. The van der Waals surface area contributed by atoms with E-state index in [9.17, 15) is 9.59 Å².